The number of ether oxygens (including phenoxy) is 1. The van der Waals surface area contributed by atoms with E-state index >= 15 is 0 Å². The fourth-order valence-corrected chi connectivity index (χ4v) is 2.06. The zero-order chi connectivity index (χ0) is 15.9. The highest BCUT2D eigenvalue weighted by Crippen LogP contribution is 2.17. The summed E-state index contributed by atoms with van der Waals surface area (Å²) in [6, 6.07) is 13.6. The Morgan fingerprint density at radius 2 is 1.95 bits per heavy atom. The number of carboxylic acid groups (broad SMARTS) is 1. The number of hydrogen-bond acceptors (Lipinski definition) is 2. The van der Waals surface area contributed by atoms with Crippen LogP contribution >= 0.6 is 0 Å². The molecule has 0 radical (unpaired) electrons. The summed E-state index contributed by atoms with van der Waals surface area (Å²) < 4.78 is 18.6. The summed E-state index contributed by atoms with van der Waals surface area (Å²) in [5.41, 5.74) is 2.26. The predicted molar refractivity (Wildman–Crippen MR) is 82.6 cm³/mol. The van der Waals surface area contributed by atoms with Gasteiger partial charge in [-0.05, 0) is 41.3 Å². The average molecular weight is 300 g/mol. The van der Waals surface area contributed by atoms with E-state index in [0.29, 0.717) is 12.0 Å². The van der Waals surface area contributed by atoms with Crippen molar-refractivity contribution in [3.8, 4) is 0 Å². The molecule has 2 aromatic carbocycles. The summed E-state index contributed by atoms with van der Waals surface area (Å²) in [7, 11) is 0. The molecule has 2 rings (SSSR count). The molecular formula is C18H17FO3. The average Bonchev–Trinajstić information content (AvgIpc) is 2.53. The second kappa shape index (κ2) is 7.41. The first-order valence-corrected chi connectivity index (χ1v) is 7.00. The number of carboxylic acids is 1. The van der Waals surface area contributed by atoms with Crippen LogP contribution in [0.15, 0.2) is 54.3 Å². The molecule has 0 atom stereocenters. The first kappa shape index (κ1) is 15.8. The maximum absolute atomic E-state index is 13.2. The van der Waals surface area contributed by atoms with Crippen LogP contribution < -0.4 is 0 Å². The minimum Gasteiger partial charge on any atom is -0.482 e. The lowest BCUT2D eigenvalue weighted by Gasteiger charge is -2.09. The fraction of sp³-hybridized carbons (Fsp3) is 0.167. The summed E-state index contributed by atoms with van der Waals surface area (Å²) in [6.07, 6.45) is 2.04. The third-order valence-electron chi connectivity index (χ3n) is 3.22. The molecule has 0 saturated carbocycles. The van der Waals surface area contributed by atoms with Gasteiger partial charge in [-0.15, -0.1) is 0 Å². The molecule has 0 unspecified atom stereocenters. The normalized spacial score (nSPS) is 11.3. The van der Waals surface area contributed by atoms with Crippen LogP contribution in [-0.4, -0.2) is 11.1 Å². The Morgan fingerprint density at radius 3 is 2.59 bits per heavy atom. The fourth-order valence-electron chi connectivity index (χ4n) is 2.06. The van der Waals surface area contributed by atoms with Crippen molar-refractivity contribution in [2.75, 3.05) is 0 Å². The smallest absolute Gasteiger partial charge is 0.371 e. The largest absolute Gasteiger partial charge is 0.482 e. The number of carbonyl (C=O) groups is 1. The minimum absolute atomic E-state index is 0.162. The van der Waals surface area contributed by atoms with Crippen LogP contribution in [0.5, 0.6) is 0 Å². The van der Waals surface area contributed by atoms with Crippen LogP contribution in [0.4, 0.5) is 4.39 Å². The standard InChI is InChI=1S/C18H17FO3/c1-2-14-10-16(19)9-8-15(14)11-17(18(20)21)22-12-13-6-4-3-5-7-13/h3-11H,2,12H2,1H3,(H,20,21). The van der Waals surface area contributed by atoms with Crippen molar-refractivity contribution in [2.24, 2.45) is 0 Å². The first-order chi connectivity index (χ1) is 10.6. The van der Waals surface area contributed by atoms with Crippen molar-refractivity contribution >= 4 is 12.0 Å². The highest BCUT2D eigenvalue weighted by Gasteiger charge is 2.11. The SMILES string of the molecule is CCc1cc(F)ccc1C=C(OCc1ccccc1)C(=O)O. The number of halogens is 1. The third-order valence-corrected chi connectivity index (χ3v) is 3.22. The van der Waals surface area contributed by atoms with Gasteiger partial charge in [-0.1, -0.05) is 43.3 Å². The zero-order valence-corrected chi connectivity index (χ0v) is 12.3. The van der Waals surface area contributed by atoms with E-state index in [4.69, 9.17) is 4.74 Å². The molecule has 0 aliphatic rings. The number of benzene rings is 2. The lowest BCUT2D eigenvalue weighted by Crippen LogP contribution is -2.05. The van der Waals surface area contributed by atoms with Gasteiger partial charge in [0.05, 0.1) is 0 Å². The van der Waals surface area contributed by atoms with Gasteiger partial charge in [0.2, 0.25) is 5.76 Å². The Balaban J connectivity index is 2.22. The van der Waals surface area contributed by atoms with Crippen LogP contribution in [0.2, 0.25) is 0 Å². The maximum atomic E-state index is 13.2. The third kappa shape index (κ3) is 4.19. The highest BCUT2D eigenvalue weighted by atomic mass is 19.1. The molecule has 0 heterocycles. The summed E-state index contributed by atoms with van der Waals surface area (Å²) in [4.78, 5) is 11.3. The Labute approximate surface area is 128 Å². The minimum atomic E-state index is -1.15. The van der Waals surface area contributed by atoms with Crippen molar-refractivity contribution in [3.05, 3.63) is 76.8 Å². The van der Waals surface area contributed by atoms with Gasteiger partial charge in [-0.3, -0.25) is 0 Å². The van der Waals surface area contributed by atoms with Crippen molar-refractivity contribution in [1.29, 1.82) is 0 Å². The van der Waals surface area contributed by atoms with E-state index in [-0.39, 0.29) is 18.2 Å². The molecule has 0 bridgehead atoms. The molecule has 0 saturated heterocycles. The molecule has 0 aliphatic carbocycles. The predicted octanol–water partition coefficient (Wildman–Crippen LogP) is 4.03. The van der Waals surface area contributed by atoms with Crippen LogP contribution in [0.3, 0.4) is 0 Å². The van der Waals surface area contributed by atoms with Crippen LogP contribution in [0.25, 0.3) is 6.08 Å². The molecule has 22 heavy (non-hydrogen) atoms. The summed E-state index contributed by atoms with van der Waals surface area (Å²) in [5, 5.41) is 9.26. The summed E-state index contributed by atoms with van der Waals surface area (Å²) >= 11 is 0. The molecule has 3 nitrogen and oxygen atoms in total. The van der Waals surface area contributed by atoms with Gasteiger partial charge in [0, 0.05) is 0 Å². The second-order valence-electron chi connectivity index (χ2n) is 4.78. The Bertz CT molecular complexity index is 678. The van der Waals surface area contributed by atoms with Gasteiger partial charge < -0.3 is 9.84 Å². The zero-order valence-electron chi connectivity index (χ0n) is 12.3. The lowest BCUT2D eigenvalue weighted by atomic mass is 10.0. The Kier molecular flexibility index (Phi) is 5.31. The van der Waals surface area contributed by atoms with E-state index in [9.17, 15) is 14.3 Å². The molecule has 1 N–H and O–H groups in total. The van der Waals surface area contributed by atoms with Gasteiger partial charge in [-0.2, -0.15) is 0 Å². The molecule has 0 amide bonds. The van der Waals surface area contributed by atoms with Gasteiger partial charge in [-0.25, -0.2) is 9.18 Å². The first-order valence-electron chi connectivity index (χ1n) is 7.00. The van der Waals surface area contributed by atoms with E-state index in [1.807, 2.05) is 37.3 Å². The molecule has 4 heteroatoms. The Morgan fingerprint density at radius 1 is 1.23 bits per heavy atom. The van der Waals surface area contributed by atoms with E-state index < -0.39 is 5.97 Å². The molecular weight excluding hydrogens is 283 g/mol. The van der Waals surface area contributed by atoms with Crippen molar-refractivity contribution in [3.63, 3.8) is 0 Å². The van der Waals surface area contributed by atoms with Crippen LogP contribution in [0.1, 0.15) is 23.6 Å². The maximum Gasteiger partial charge on any atom is 0.371 e. The van der Waals surface area contributed by atoms with Crippen molar-refractivity contribution in [1.82, 2.24) is 0 Å². The number of hydrogen-bond donors (Lipinski definition) is 1. The van der Waals surface area contributed by atoms with Crippen molar-refractivity contribution < 1.29 is 19.0 Å². The van der Waals surface area contributed by atoms with Gasteiger partial charge in [0.1, 0.15) is 12.4 Å². The molecule has 2 aromatic rings. The topological polar surface area (TPSA) is 46.5 Å². The monoisotopic (exact) mass is 300 g/mol. The van der Waals surface area contributed by atoms with Gasteiger partial charge in [0.25, 0.3) is 0 Å². The van der Waals surface area contributed by atoms with E-state index in [2.05, 4.69) is 0 Å². The number of aliphatic carboxylic acids is 1. The van der Waals surface area contributed by atoms with Gasteiger partial charge in [0.15, 0.2) is 0 Å². The molecule has 0 spiro atoms. The molecule has 0 aliphatic heterocycles. The Hall–Kier alpha value is -2.62. The van der Waals surface area contributed by atoms with Crippen LogP contribution in [-0.2, 0) is 22.6 Å². The molecule has 114 valence electrons. The van der Waals surface area contributed by atoms with Gasteiger partial charge >= 0.3 is 5.97 Å². The lowest BCUT2D eigenvalue weighted by molar-refractivity contribution is -0.136. The highest BCUT2D eigenvalue weighted by molar-refractivity contribution is 5.90. The van der Waals surface area contributed by atoms with Crippen LogP contribution in [0, 0.1) is 5.82 Å². The molecule has 0 fully saturated rings. The quantitative estimate of drug-likeness (QED) is 0.647. The van der Waals surface area contributed by atoms with E-state index in [1.165, 1.54) is 18.2 Å². The summed E-state index contributed by atoms with van der Waals surface area (Å²) in [6.45, 7) is 2.05. The second-order valence-corrected chi connectivity index (χ2v) is 4.78. The van der Waals surface area contributed by atoms with E-state index in [1.54, 1.807) is 6.07 Å². The van der Waals surface area contributed by atoms with Crippen molar-refractivity contribution in [2.45, 2.75) is 20.0 Å². The molecule has 0 aromatic heterocycles. The van der Waals surface area contributed by atoms with E-state index in [0.717, 1.165) is 11.1 Å². The summed E-state index contributed by atoms with van der Waals surface area (Å²) in [5.74, 6) is -1.65. The number of rotatable bonds is 6. The number of aryl methyl sites for hydroxylation is 1.